The number of nitrogens with zero attached hydrogens (tertiary/aromatic N) is 2. The molecule has 0 aliphatic carbocycles. The molecule has 0 unspecified atom stereocenters. The third kappa shape index (κ3) is 4.81. The minimum absolute atomic E-state index is 0.0174. The molecule has 0 atom stereocenters. The zero-order valence-electron chi connectivity index (χ0n) is 18.9. The van der Waals surface area contributed by atoms with Crippen LogP contribution < -0.4 is 10.2 Å². The van der Waals surface area contributed by atoms with Crippen LogP contribution in [0.3, 0.4) is 0 Å². The molecule has 1 N–H and O–H groups in total. The largest absolute Gasteiger partial charge is 0.350 e. The van der Waals surface area contributed by atoms with Crippen LogP contribution >= 0.6 is 11.6 Å². The zero-order valence-corrected chi connectivity index (χ0v) is 19.7. The highest BCUT2D eigenvalue weighted by Gasteiger charge is 2.39. The molecule has 2 aromatic carbocycles. The summed E-state index contributed by atoms with van der Waals surface area (Å²) in [7, 11) is 0. The lowest BCUT2D eigenvalue weighted by atomic mass is 10.0. The molecule has 0 bridgehead atoms. The number of anilines is 2. The molecule has 2 aromatic rings. The summed E-state index contributed by atoms with van der Waals surface area (Å²) in [5.41, 5.74) is 2.80. The fraction of sp³-hybridized carbons (Fsp3) is 0.346. The van der Waals surface area contributed by atoms with Crippen molar-refractivity contribution in [3.05, 3.63) is 70.4 Å². The first kappa shape index (κ1) is 23.1. The van der Waals surface area contributed by atoms with Crippen molar-refractivity contribution in [1.82, 2.24) is 4.90 Å². The number of nitrogens with one attached hydrogen (secondary N) is 1. The van der Waals surface area contributed by atoms with Crippen LogP contribution in [0.4, 0.5) is 11.4 Å². The Morgan fingerprint density at radius 2 is 1.48 bits per heavy atom. The molecule has 4 rings (SSSR count). The van der Waals surface area contributed by atoms with Crippen molar-refractivity contribution in [2.75, 3.05) is 23.3 Å². The number of rotatable bonds is 5. The van der Waals surface area contributed by atoms with Crippen molar-refractivity contribution in [3.63, 3.8) is 0 Å². The third-order valence-electron chi connectivity index (χ3n) is 6.14. The summed E-state index contributed by atoms with van der Waals surface area (Å²) in [5.74, 6) is -0.706. The first-order chi connectivity index (χ1) is 15.9. The van der Waals surface area contributed by atoms with Gasteiger partial charge in [0, 0.05) is 24.3 Å². The van der Waals surface area contributed by atoms with Gasteiger partial charge in [-0.3, -0.25) is 14.4 Å². The van der Waals surface area contributed by atoms with Crippen molar-refractivity contribution >= 4 is 40.7 Å². The first-order valence-electron chi connectivity index (χ1n) is 11.4. The monoisotopic (exact) mass is 465 g/mol. The maximum Gasteiger partial charge on any atom is 0.283 e. The van der Waals surface area contributed by atoms with E-state index in [4.69, 9.17) is 11.6 Å². The normalized spacial score (nSPS) is 17.1. The molecule has 0 aromatic heterocycles. The Morgan fingerprint density at radius 1 is 0.879 bits per heavy atom. The lowest BCUT2D eigenvalue weighted by Gasteiger charge is -2.20. The van der Waals surface area contributed by atoms with Gasteiger partial charge in [0.25, 0.3) is 17.7 Å². The number of hydrogen-bond donors (Lipinski definition) is 1. The molecule has 1 saturated heterocycles. The molecule has 7 heteroatoms. The van der Waals surface area contributed by atoms with E-state index in [9.17, 15) is 14.4 Å². The molecule has 2 heterocycles. The van der Waals surface area contributed by atoms with Crippen molar-refractivity contribution in [2.45, 2.75) is 45.4 Å². The average molecular weight is 466 g/mol. The Labute approximate surface area is 199 Å². The molecule has 172 valence electrons. The van der Waals surface area contributed by atoms with Crippen LogP contribution in [0.5, 0.6) is 0 Å². The van der Waals surface area contributed by atoms with E-state index < -0.39 is 11.8 Å². The smallest absolute Gasteiger partial charge is 0.283 e. The van der Waals surface area contributed by atoms with Gasteiger partial charge in [-0.25, -0.2) is 4.90 Å². The van der Waals surface area contributed by atoms with Gasteiger partial charge in [-0.2, -0.15) is 0 Å². The number of carbonyl (C=O) groups excluding carboxylic acids is 3. The van der Waals surface area contributed by atoms with E-state index in [0.717, 1.165) is 49.2 Å². The Hall–Kier alpha value is -3.12. The molecule has 3 amide bonds. The van der Waals surface area contributed by atoms with Gasteiger partial charge in [-0.15, -0.1) is 0 Å². The van der Waals surface area contributed by atoms with Crippen LogP contribution in [0.1, 0.15) is 61.4 Å². The standard InChI is InChI=1S/C26H28ClN3O3/c1-17(2)18-9-13-21(14-10-18)30-25(32)22(27)23(26(30)33)28-20-11-7-19(8-12-20)24(31)29-15-5-3-4-6-16-29/h7-14,17,28H,3-6,15-16H2,1-2H3. The van der Waals surface area contributed by atoms with E-state index >= 15 is 0 Å². The zero-order chi connectivity index (χ0) is 23.5. The van der Waals surface area contributed by atoms with Crippen LogP contribution in [0, 0.1) is 0 Å². The number of benzene rings is 2. The molecular weight excluding hydrogens is 438 g/mol. The van der Waals surface area contributed by atoms with E-state index in [1.165, 1.54) is 0 Å². The highest BCUT2D eigenvalue weighted by Crippen LogP contribution is 2.31. The van der Waals surface area contributed by atoms with Crippen molar-refractivity contribution in [2.24, 2.45) is 0 Å². The van der Waals surface area contributed by atoms with Gasteiger partial charge < -0.3 is 10.2 Å². The topological polar surface area (TPSA) is 69.7 Å². The predicted octanol–water partition coefficient (Wildman–Crippen LogP) is 5.26. The molecule has 6 nitrogen and oxygen atoms in total. The second kappa shape index (κ2) is 9.79. The highest BCUT2D eigenvalue weighted by molar-refractivity contribution is 6.53. The van der Waals surface area contributed by atoms with E-state index in [0.29, 0.717) is 22.9 Å². The maximum absolute atomic E-state index is 13.0. The lowest BCUT2D eigenvalue weighted by Crippen LogP contribution is -2.32. The fourth-order valence-corrected chi connectivity index (χ4v) is 4.36. The van der Waals surface area contributed by atoms with Gasteiger partial charge in [-0.05, 0) is 60.7 Å². The van der Waals surface area contributed by atoms with Gasteiger partial charge >= 0.3 is 0 Å². The van der Waals surface area contributed by atoms with Gasteiger partial charge in [0.15, 0.2) is 0 Å². The Kier molecular flexibility index (Phi) is 6.84. The molecule has 2 aliphatic rings. The number of hydrogen-bond acceptors (Lipinski definition) is 4. The van der Waals surface area contributed by atoms with E-state index in [2.05, 4.69) is 19.2 Å². The summed E-state index contributed by atoms with van der Waals surface area (Å²) in [6.45, 7) is 5.72. The molecule has 0 saturated carbocycles. The fourth-order valence-electron chi connectivity index (χ4n) is 4.15. The van der Waals surface area contributed by atoms with Crippen molar-refractivity contribution in [3.8, 4) is 0 Å². The quantitative estimate of drug-likeness (QED) is 0.611. The Morgan fingerprint density at radius 3 is 2.06 bits per heavy atom. The summed E-state index contributed by atoms with van der Waals surface area (Å²) in [4.78, 5) is 41.5. The summed E-state index contributed by atoms with van der Waals surface area (Å²) in [6, 6.07) is 14.2. The number of imide groups is 1. The summed E-state index contributed by atoms with van der Waals surface area (Å²) >= 11 is 6.24. The summed E-state index contributed by atoms with van der Waals surface area (Å²) < 4.78 is 0. The maximum atomic E-state index is 13.0. The first-order valence-corrected chi connectivity index (χ1v) is 11.8. The van der Waals surface area contributed by atoms with E-state index in [-0.39, 0.29) is 16.6 Å². The summed E-state index contributed by atoms with van der Waals surface area (Å²) in [6.07, 6.45) is 4.39. The van der Waals surface area contributed by atoms with Crippen LogP contribution in [0.25, 0.3) is 0 Å². The van der Waals surface area contributed by atoms with E-state index in [1.54, 1.807) is 36.4 Å². The van der Waals surface area contributed by atoms with Gasteiger partial charge in [0.1, 0.15) is 10.7 Å². The molecular formula is C26H28ClN3O3. The minimum Gasteiger partial charge on any atom is -0.350 e. The van der Waals surface area contributed by atoms with Crippen LogP contribution in [-0.4, -0.2) is 35.7 Å². The Balaban J connectivity index is 1.47. The SMILES string of the molecule is CC(C)c1ccc(N2C(=O)C(Cl)=C(Nc3ccc(C(=O)N4CCCCCC4)cc3)C2=O)cc1. The summed E-state index contributed by atoms with van der Waals surface area (Å²) in [5, 5.41) is 2.81. The van der Waals surface area contributed by atoms with Gasteiger partial charge in [-0.1, -0.05) is 50.4 Å². The number of carbonyl (C=O) groups is 3. The van der Waals surface area contributed by atoms with Gasteiger partial charge in [0.05, 0.1) is 5.69 Å². The van der Waals surface area contributed by atoms with Crippen molar-refractivity contribution < 1.29 is 14.4 Å². The number of halogens is 1. The second-order valence-electron chi connectivity index (χ2n) is 8.79. The molecule has 1 fully saturated rings. The second-order valence-corrected chi connectivity index (χ2v) is 9.17. The minimum atomic E-state index is -0.561. The van der Waals surface area contributed by atoms with Crippen molar-refractivity contribution in [1.29, 1.82) is 0 Å². The number of amides is 3. The van der Waals surface area contributed by atoms with Crippen LogP contribution in [-0.2, 0) is 9.59 Å². The molecule has 0 spiro atoms. The van der Waals surface area contributed by atoms with Gasteiger partial charge in [0.2, 0.25) is 0 Å². The van der Waals surface area contributed by atoms with Crippen LogP contribution in [0.15, 0.2) is 59.3 Å². The predicted molar refractivity (Wildman–Crippen MR) is 130 cm³/mol. The molecule has 33 heavy (non-hydrogen) atoms. The average Bonchev–Trinajstić information content (AvgIpc) is 3.02. The Bertz CT molecular complexity index is 1080. The van der Waals surface area contributed by atoms with E-state index in [1.807, 2.05) is 17.0 Å². The molecule has 2 aliphatic heterocycles. The highest BCUT2D eigenvalue weighted by atomic mass is 35.5. The number of likely N-dealkylation sites (tertiary alicyclic amines) is 1. The lowest BCUT2D eigenvalue weighted by molar-refractivity contribution is -0.120. The molecule has 0 radical (unpaired) electrons. The van der Waals surface area contributed by atoms with Crippen LogP contribution in [0.2, 0.25) is 0 Å². The third-order valence-corrected chi connectivity index (χ3v) is 6.49.